The quantitative estimate of drug-likeness (QED) is 0.631. The van der Waals surface area contributed by atoms with Crippen LogP contribution in [0, 0.1) is 0 Å². The number of hydrogen-bond donors (Lipinski definition) is 1. The lowest BCUT2D eigenvalue weighted by molar-refractivity contribution is -0.282. The van der Waals surface area contributed by atoms with Gasteiger partial charge >= 0.3 is 0 Å². The van der Waals surface area contributed by atoms with E-state index in [-0.39, 0.29) is 12.0 Å². The summed E-state index contributed by atoms with van der Waals surface area (Å²) in [5.74, 6) is 0. The van der Waals surface area contributed by atoms with E-state index in [0.717, 1.165) is 11.1 Å². The second kappa shape index (κ2) is 5.43. The highest BCUT2D eigenvalue weighted by molar-refractivity contribution is 5.33. The molecule has 0 heterocycles. The summed E-state index contributed by atoms with van der Waals surface area (Å²) in [6.45, 7) is 6.87. The largest absolute Gasteiger partial charge is 0.392 e. The second-order valence-electron chi connectivity index (χ2n) is 4.88. The van der Waals surface area contributed by atoms with E-state index in [1.165, 1.54) is 12.7 Å². The van der Waals surface area contributed by atoms with Crippen molar-refractivity contribution < 1.29 is 14.9 Å². The van der Waals surface area contributed by atoms with Crippen molar-refractivity contribution in [3.63, 3.8) is 0 Å². The summed E-state index contributed by atoms with van der Waals surface area (Å²) in [5, 5.41) is 9.21. The highest BCUT2D eigenvalue weighted by atomic mass is 17.2. The zero-order chi connectivity index (χ0) is 12.2. The van der Waals surface area contributed by atoms with Gasteiger partial charge in [0.2, 0.25) is 0 Å². The zero-order valence-corrected chi connectivity index (χ0v) is 10.4. The molecule has 0 spiro atoms. The van der Waals surface area contributed by atoms with Crippen molar-refractivity contribution in [2.24, 2.45) is 0 Å². The first-order valence-corrected chi connectivity index (χ1v) is 5.37. The third-order valence-corrected chi connectivity index (χ3v) is 2.44. The standard InChI is InChI=1S/C13H20O3/c1-13(2,3)12-6-10(8-14)5-11(7-12)9-16-15-4/h5-7,14H,8-9H2,1-4H3. The van der Waals surface area contributed by atoms with Crippen LogP contribution in [0.1, 0.15) is 37.5 Å². The molecule has 0 saturated heterocycles. The van der Waals surface area contributed by atoms with Crippen molar-refractivity contribution in [2.45, 2.75) is 39.4 Å². The van der Waals surface area contributed by atoms with Crippen LogP contribution in [0.5, 0.6) is 0 Å². The molecule has 0 unspecified atom stereocenters. The Hall–Kier alpha value is -0.900. The molecule has 0 atom stereocenters. The molecule has 0 fully saturated rings. The monoisotopic (exact) mass is 224 g/mol. The van der Waals surface area contributed by atoms with Gasteiger partial charge in [-0.15, -0.1) is 0 Å². The molecule has 90 valence electrons. The summed E-state index contributed by atoms with van der Waals surface area (Å²) < 4.78 is 0. The summed E-state index contributed by atoms with van der Waals surface area (Å²) in [6, 6.07) is 6.03. The molecule has 3 heteroatoms. The van der Waals surface area contributed by atoms with Crippen molar-refractivity contribution in [2.75, 3.05) is 7.11 Å². The summed E-state index contributed by atoms with van der Waals surface area (Å²) in [7, 11) is 1.49. The predicted molar refractivity (Wildman–Crippen MR) is 62.9 cm³/mol. The molecular weight excluding hydrogens is 204 g/mol. The van der Waals surface area contributed by atoms with Crippen LogP contribution in [-0.2, 0) is 28.4 Å². The van der Waals surface area contributed by atoms with Crippen molar-refractivity contribution in [3.05, 3.63) is 34.9 Å². The number of aliphatic hydroxyl groups is 1. The Morgan fingerprint density at radius 2 is 1.75 bits per heavy atom. The van der Waals surface area contributed by atoms with Gasteiger partial charge in [-0.1, -0.05) is 39.0 Å². The van der Waals surface area contributed by atoms with Gasteiger partial charge < -0.3 is 5.11 Å². The average molecular weight is 224 g/mol. The number of rotatable bonds is 4. The Kier molecular flexibility index (Phi) is 4.47. The molecule has 0 saturated carbocycles. The molecule has 1 aromatic carbocycles. The molecule has 0 aliphatic heterocycles. The molecule has 0 aromatic heterocycles. The van der Waals surface area contributed by atoms with Crippen molar-refractivity contribution in [1.82, 2.24) is 0 Å². The van der Waals surface area contributed by atoms with Gasteiger partial charge in [0.05, 0.1) is 13.7 Å². The molecule has 0 aliphatic rings. The lowest BCUT2D eigenvalue weighted by Crippen LogP contribution is -2.12. The Morgan fingerprint density at radius 3 is 2.25 bits per heavy atom. The molecule has 0 amide bonds. The molecule has 0 aliphatic carbocycles. The van der Waals surface area contributed by atoms with Crippen molar-refractivity contribution >= 4 is 0 Å². The normalized spacial score (nSPS) is 11.8. The highest BCUT2D eigenvalue weighted by Crippen LogP contribution is 2.25. The van der Waals surface area contributed by atoms with E-state index in [4.69, 9.17) is 4.89 Å². The Morgan fingerprint density at radius 1 is 1.12 bits per heavy atom. The maximum absolute atomic E-state index is 9.21. The van der Waals surface area contributed by atoms with Gasteiger partial charge in [-0.25, -0.2) is 9.78 Å². The summed E-state index contributed by atoms with van der Waals surface area (Å²) in [6.07, 6.45) is 0. The van der Waals surface area contributed by atoms with Crippen molar-refractivity contribution in [1.29, 1.82) is 0 Å². The fraction of sp³-hybridized carbons (Fsp3) is 0.538. The van der Waals surface area contributed by atoms with Gasteiger partial charge in [0.15, 0.2) is 0 Å². The van der Waals surface area contributed by atoms with E-state index in [1.54, 1.807) is 0 Å². The number of benzene rings is 1. The fourth-order valence-electron chi connectivity index (χ4n) is 1.50. The SMILES string of the molecule is COOCc1cc(CO)cc(C(C)(C)C)c1. The summed E-state index contributed by atoms with van der Waals surface area (Å²) >= 11 is 0. The van der Waals surface area contributed by atoms with Crippen LogP contribution in [0.4, 0.5) is 0 Å². The molecule has 0 radical (unpaired) electrons. The lowest BCUT2D eigenvalue weighted by atomic mass is 9.85. The Balaban J connectivity index is 3.01. The van der Waals surface area contributed by atoms with E-state index in [0.29, 0.717) is 6.61 Å². The van der Waals surface area contributed by atoms with Crippen LogP contribution in [-0.4, -0.2) is 12.2 Å². The van der Waals surface area contributed by atoms with Crippen LogP contribution in [0.25, 0.3) is 0 Å². The Labute approximate surface area is 96.9 Å². The smallest absolute Gasteiger partial charge is 0.107 e. The van der Waals surface area contributed by atoms with Gasteiger partial charge in [-0.05, 0) is 22.1 Å². The fourth-order valence-corrected chi connectivity index (χ4v) is 1.50. The number of aliphatic hydroxyl groups excluding tert-OH is 1. The van der Waals surface area contributed by atoms with Crippen LogP contribution >= 0.6 is 0 Å². The third-order valence-electron chi connectivity index (χ3n) is 2.44. The Bertz CT molecular complexity index is 340. The number of hydrogen-bond acceptors (Lipinski definition) is 3. The first-order valence-electron chi connectivity index (χ1n) is 5.37. The zero-order valence-electron chi connectivity index (χ0n) is 10.4. The molecule has 16 heavy (non-hydrogen) atoms. The maximum Gasteiger partial charge on any atom is 0.107 e. The minimum Gasteiger partial charge on any atom is -0.392 e. The van der Waals surface area contributed by atoms with Crippen LogP contribution in [0.2, 0.25) is 0 Å². The minimum absolute atomic E-state index is 0.0455. The van der Waals surface area contributed by atoms with Crippen molar-refractivity contribution in [3.8, 4) is 0 Å². The highest BCUT2D eigenvalue weighted by Gasteiger charge is 2.15. The third kappa shape index (κ3) is 3.59. The average Bonchev–Trinajstić information content (AvgIpc) is 2.24. The van der Waals surface area contributed by atoms with Gasteiger partial charge in [0, 0.05) is 0 Å². The van der Waals surface area contributed by atoms with E-state index < -0.39 is 0 Å². The van der Waals surface area contributed by atoms with Crippen LogP contribution in [0.3, 0.4) is 0 Å². The van der Waals surface area contributed by atoms with Gasteiger partial charge in [-0.3, -0.25) is 0 Å². The first-order chi connectivity index (χ1) is 7.47. The lowest BCUT2D eigenvalue weighted by Gasteiger charge is -2.21. The van der Waals surface area contributed by atoms with Gasteiger partial charge in [0.1, 0.15) is 6.61 Å². The predicted octanol–water partition coefficient (Wildman–Crippen LogP) is 2.55. The topological polar surface area (TPSA) is 38.7 Å². The van der Waals surface area contributed by atoms with Crippen LogP contribution in [0.15, 0.2) is 18.2 Å². The van der Waals surface area contributed by atoms with E-state index in [1.807, 2.05) is 12.1 Å². The second-order valence-corrected chi connectivity index (χ2v) is 4.88. The molecule has 1 rings (SSSR count). The van der Waals surface area contributed by atoms with E-state index in [9.17, 15) is 5.11 Å². The summed E-state index contributed by atoms with van der Waals surface area (Å²) in [5.41, 5.74) is 3.17. The van der Waals surface area contributed by atoms with Crippen LogP contribution < -0.4 is 0 Å². The first kappa shape index (κ1) is 13.2. The van der Waals surface area contributed by atoms with E-state index in [2.05, 4.69) is 31.7 Å². The molecular formula is C13H20O3. The molecule has 3 nitrogen and oxygen atoms in total. The molecule has 1 N–H and O–H groups in total. The van der Waals surface area contributed by atoms with Gasteiger partial charge in [-0.2, -0.15) is 0 Å². The molecule has 0 bridgehead atoms. The van der Waals surface area contributed by atoms with E-state index >= 15 is 0 Å². The molecule has 1 aromatic rings. The van der Waals surface area contributed by atoms with Gasteiger partial charge in [0.25, 0.3) is 0 Å². The maximum atomic E-state index is 9.21. The minimum atomic E-state index is 0.0455. The summed E-state index contributed by atoms with van der Waals surface area (Å²) in [4.78, 5) is 9.49.